The molecule has 0 spiro atoms. The minimum atomic E-state index is -0.910. The van der Waals surface area contributed by atoms with E-state index in [9.17, 15) is 9.59 Å². The number of methoxy groups -OCH3 is 1. The van der Waals surface area contributed by atoms with Crippen molar-refractivity contribution in [3.05, 3.63) is 12.2 Å². The van der Waals surface area contributed by atoms with E-state index in [1.165, 1.54) is 29.9 Å². The highest BCUT2D eigenvalue weighted by molar-refractivity contribution is 6.12. The van der Waals surface area contributed by atoms with Gasteiger partial charge < -0.3 is 4.74 Å². The van der Waals surface area contributed by atoms with Crippen LogP contribution >= 0.6 is 0 Å². The van der Waals surface area contributed by atoms with E-state index in [4.69, 9.17) is 14.5 Å². The van der Waals surface area contributed by atoms with Crippen LogP contribution in [0.25, 0.3) is 0 Å². The molecule has 26 heavy (non-hydrogen) atoms. The summed E-state index contributed by atoms with van der Waals surface area (Å²) in [5.74, 6) is -0.152. The maximum absolute atomic E-state index is 11.6. The van der Waals surface area contributed by atoms with Gasteiger partial charge in [0.15, 0.2) is 5.79 Å². The fraction of sp³-hybridized carbons (Fsp3) is 0.800. The Labute approximate surface area is 155 Å². The molecular weight excluding hydrogens is 334 g/mol. The van der Waals surface area contributed by atoms with Gasteiger partial charge in [-0.1, -0.05) is 13.8 Å². The second-order valence-electron chi connectivity index (χ2n) is 8.93. The monoisotopic (exact) mass is 365 g/mol. The summed E-state index contributed by atoms with van der Waals surface area (Å²) in [6.07, 6.45) is 7.06. The van der Waals surface area contributed by atoms with Crippen molar-refractivity contribution in [1.29, 1.82) is 0 Å². The summed E-state index contributed by atoms with van der Waals surface area (Å²) in [5, 5.41) is 0. The van der Waals surface area contributed by atoms with Gasteiger partial charge in [0.25, 0.3) is 11.8 Å². The van der Waals surface area contributed by atoms with Crippen LogP contribution in [0.4, 0.5) is 0 Å². The molecule has 1 aliphatic heterocycles. The molecule has 4 rings (SSSR count). The third-order valence-electron chi connectivity index (χ3n) is 6.95. The maximum Gasteiger partial charge on any atom is 0.253 e. The number of hydrogen-bond donors (Lipinski definition) is 0. The Morgan fingerprint density at radius 1 is 1.23 bits per heavy atom. The number of carbonyl (C=O) groups excluding carboxylic acids is 2. The highest BCUT2D eigenvalue weighted by Gasteiger charge is 2.61. The van der Waals surface area contributed by atoms with Gasteiger partial charge in [0, 0.05) is 32.2 Å². The van der Waals surface area contributed by atoms with Crippen LogP contribution in [0.15, 0.2) is 12.2 Å². The zero-order valence-corrected chi connectivity index (χ0v) is 16.5. The molecule has 1 heterocycles. The third kappa shape index (κ3) is 3.35. The second-order valence-corrected chi connectivity index (χ2v) is 8.93. The molecule has 6 nitrogen and oxygen atoms in total. The van der Waals surface area contributed by atoms with Gasteiger partial charge in [0.05, 0.1) is 0 Å². The van der Waals surface area contributed by atoms with E-state index >= 15 is 0 Å². The Hall–Kier alpha value is -1.24. The molecule has 0 radical (unpaired) electrons. The number of rotatable bonds is 8. The summed E-state index contributed by atoms with van der Waals surface area (Å²) in [6, 6.07) is 0. The van der Waals surface area contributed by atoms with Crippen LogP contribution in [0.5, 0.6) is 0 Å². The van der Waals surface area contributed by atoms with Crippen molar-refractivity contribution in [1.82, 2.24) is 4.90 Å². The van der Waals surface area contributed by atoms with E-state index in [-0.39, 0.29) is 17.4 Å². The lowest BCUT2D eigenvalue weighted by molar-refractivity contribution is -0.478. The van der Waals surface area contributed by atoms with Gasteiger partial charge in [-0.25, -0.2) is 9.78 Å². The fourth-order valence-corrected chi connectivity index (χ4v) is 4.85. The average molecular weight is 365 g/mol. The minimum Gasteiger partial charge on any atom is -0.351 e. The zero-order chi connectivity index (χ0) is 19.2. The molecular formula is C20H31NO5. The molecule has 0 N–H and O–H groups in total. The van der Waals surface area contributed by atoms with Gasteiger partial charge in [0.1, 0.15) is 5.60 Å². The first-order valence-corrected chi connectivity index (χ1v) is 9.57. The summed E-state index contributed by atoms with van der Waals surface area (Å²) in [4.78, 5) is 36.3. The average Bonchev–Trinajstić information content (AvgIpc) is 2.92. The Balaban J connectivity index is 1.51. The van der Waals surface area contributed by atoms with Gasteiger partial charge in [-0.3, -0.25) is 14.5 Å². The Kier molecular flexibility index (Phi) is 5.05. The van der Waals surface area contributed by atoms with Gasteiger partial charge in [-0.2, -0.15) is 0 Å². The zero-order valence-electron chi connectivity index (χ0n) is 16.5. The molecule has 4 aliphatic rings. The summed E-state index contributed by atoms with van der Waals surface area (Å²) in [6.45, 7) is 8.96. The molecule has 3 aliphatic carbocycles. The number of fused-ring (bicyclic) bond motifs is 2. The lowest BCUT2D eigenvalue weighted by Crippen LogP contribution is -2.61. The summed E-state index contributed by atoms with van der Waals surface area (Å²) in [7, 11) is 1.59. The number of hydrogen-bond acceptors (Lipinski definition) is 5. The number of amides is 2. The molecule has 0 aromatic heterocycles. The number of imide groups is 1. The predicted molar refractivity (Wildman–Crippen MR) is 95.7 cm³/mol. The SMILES string of the molecule is COC(C)(CCCN1C(=O)C=CC1=O)OOC1(C)CCC2CC1C2(C)C. The topological polar surface area (TPSA) is 65.1 Å². The van der Waals surface area contributed by atoms with Gasteiger partial charge in [-0.05, 0) is 56.8 Å². The molecule has 4 unspecified atom stereocenters. The first-order valence-electron chi connectivity index (χ1n) is 9.57. The summed E-state index contributed by atoms with van der Waals surface area (Å²) < 4.78 is 5.54. The van der Waals surface area contributed by atoms with E-state index in [1.807, 2.05) is 6.92 Å². The minimum absolute atomic E-state index is 0.261. The van der Waals surface area contributed by atoms with Crippen molar-refractivity contribution >= 4 is 11.8 Å². The fourth-order valence-electron chi connectivity index (χ4n) is 4.85. The lowest BCUT2D eigenvalue weighted by atomic mass is 9.44. The maximum atomic E-state index is 11.6. The number of nitrogens with zero attached hydrogens (tertiary/aromatic N) is 1. The molecule has 3 saturated carbocycles. The molecule has 6 heteroatoms. The van der Waals surface area contributed by atoms with Crippen molar-refractivity contribution < 1.29 is 24.1 Å². The predicted octanol–water partition coefficient (Wildman–Crippen LogP) is 3.22. The van der Waals surface area contributed by atoms with Crippen molar-refractivity contribution in [2.45, 2.75) is 71.2 Å². The van der Waals surface area contributed by atoms with Crippen molar-refractivity contribution in [2.24, 2.45) is 17.3 Å². The van der Waals surface area contributed by atoms with Crippen LogP contribution in [-0.2, 0) is 24.1 Å². The first-order chi connectivity index (χ1) is 12.1. The standard InChI is InChI=1S/C20H31NO5/c1-18(2)14-9-11-19(3,15(18)13-14)25-26-20(4,24-5)10-6-12-21-16(22)7-8-17(21)23/h7-8,14-15H,6,9-13H2,1-5H3. The molecule has 2 bridgehead atoms. The van der Waals surface area contributed by atoms with Crippen molar-refractivity contribution in [3.63, 3.8) is 0 Å². The molecule has 0 aromatic rings. The molecule has 4 atom stereocenters. The summed E-state index contributed by atoms with van der Waals surface area (Å²) in [5.41, 5.74) is -0.00778. The van der Waals surface area contributed by atoms with E-state index < -0.39 is 5.79 Å². The van der Waals surface area contributed by atoms with Gasteiger partial charge in [-0.15, -0.1) is 0 Å². The molecule has 0 aromatic carbocycles. The van der Waals surface area contributed by atoms with Gasteiger partial charge >= 0.3 is 0 Å². The second kappa shape index (κ2) is 6.73. The highest BCUT2D eigenvalue weighted by atomic mass is 17.2. The third-order valence-corrected chi connectivity index (χ3v) is 6.95. The van der Waals surface area contributed by atoms with Crippen molar-refractivity contribution in [2.75, 3.05) is 13.7 Å². The Morgan fingerprint density at radius 2 is 1.88 bits per heavy atom. The smallest absolute Gasteiger partial charge is 0.253 e. The first kappa shape index (κ1) is 19.5. The van der Waals surface area contributed by atoms with Gasteiger partial charge in [0.2, 0.25) is 0 Å². The van der Waals surface area contributed by atoms with Crippen LogP contribution in [0.3, 0.4) is 0 Å². The number of ether oxygens (including phenoxy) is 1. The van der Waals surface area contributed by atoms with Crippen molar-refractivity contribution in [3.8, 4) is 0 Å². The van der Waals surface area contributed by atoms with E-state index in [2.05, 4.69) is 20.8 Å². The van der Waals surface area contributed by atoms with Crippen LogP contribution in [0.2, 0.25) is 0 Å². The van der Waals surface area contributed by atoms with Crippen LogP contribution in [0.1, 0.15) is 59.8 Å². The van der Waals surface area contributed by atoms with Crippen LogP contribution < -0.4 is 0 Å². The largest absolute Gasteiger partial charge is 0.351 e. The molecule has 146 valence electrons. The van der Waals surface area contributed by atoms with E-state index in [0.29, 0.717) is 30.7 Å². The number of carbonyl (C=O) groups is 2. The summed E-state index contributed by atoms with van der Waals surface area (Å²) >= 11 is 0. The quantitative estimate of drug-likeness (QED) is 0.286. The van der Waals surface area contributed by atoms with Crippen LogP contribution in [-0.4, -0.2) is 41.8 Å². The van der Waals surface area contributed by atoms with Crippen LogP contribution in [0, 0.1) is 17.3 Å². The Bertz CT molecular complexity index is 595. The molecule has 0 saturated heterocycles. The molecule has 3 fully saturated rings. The van der Waals surface area contributed by atoms with E-state index in [1.54, 1.807) is 7.11 Å². The highest BCUT2D eigenvalue weighted by Crippen LogP contribution is 2.63. The molecule has 2 amide bonds. The lowest BCUT2D eigenvalue weighted by Gasteiger charge is -2.63. The normalized spacial score (nSPS) is 34.7. The van der Waals surface area contributed by atoms with E-state index in [0.717, 1.165) is 12.3 Å². The Morgan fingerprint density at radius 3 is 2.42 bits per heavy atom.